The van der Waals surface area contributed by atoms with Gasteiger partial charge in [-0.1, -0.05) is 18.2 Å². The first-order chi connectivity index (χ1) is 6.16. The molecule has 0 atom stereocenters. The van der Waals surface area contributed by atoms with Gasteiger partial charge in [0, 0.05) is 30.6 Å². The van der Waals surface area contributed by atoms with Gasteiger partial charge in [0.2, 0.25) is 0 Å². The van der Waals surface area contributed by atoms with Crippen LogP contribution in [0.15, 0.2) is 24.3 Å². The van der Waals surface area contributed by atoms with Crippen LogP contribution < -0.4 is 4.90 Å². The number of rotatable bonds is 3. The SMILES string of the molecule is CCN(C)c1ccccc1C(C)=N. The van der Waals surface area contributed by atoms with Crippen molar-refractivity contribution in [3.8, 4) is 0 Å². The van der Waals surface area contributed by atoms with E-state index in [4.69, 9.17) is 5.41 Å². The predicted octanol–water partition coefficient (Wildman–Crippen LogP) is 2.53. The van der Waals surface area contributed by atoms with E-state index in [0.717, 1.165) is 17.8 Å². The number of nitrogens with one attached hydrogen (secondary N) is 1. The molecule has 13 heavy (non-hydrogen) atoms. The fourth-order valence-corrected chi connectivity index (χ4v) is 1.29. The van der Waals surface area contributed by atoms with Gasteiger partial charge >= 0.3 is 0 Å². The number of anilines is 1. The second-order valence-electron chi connectivity index (χ2n) is 3.16. The lowest BCUT2D eigenvalue weighted by Crippen LogP contribution is -2.18. The fraction of sp³-hybridized carbons (Fsp3) is 0.364. The van der Waals surface area contributed by atoms with E-state index in [1.807, 2.05) is 32.2 Å². The summed E-state index contributed by atoms with van der Waals surface area (Å²) in [6.45, 7) is 4.89. The Labute approximate surface area is 79.7 Å². The standard InChI is InChI=1S/C11H16N2/c1-4-13(3)11-8-6-5-7-10(11)9(2)12/h5-8,12H,4H2,1-3H3. The van der Waals surface area contributed by atoms with Crippen LogP contribution in [0.5, 0.6) is 0 Å². The third kappa shape index (κ3) is 2.08. The molecule has 1 aromatic rings. The molecule has 0 fully saturated rings. The molecule has 0 aliphatic rings. The quantitative estimate of drug-likeness (QED) is 0.704. The maximum absolute atomic E-state index is 7.62. The van der Waals surface area contributed by atoms with E-state index in [0.29, 0.717) is 5.71 Å². The van der Waals surface area contributed by atoms with E-state index < -0.39 is 0 Å². The van der Waals surface area contributed by atoms with Crippen molar-refractivity contribution in [2.24, 2.45) is 0 Å². The average Bonchev–Trinajstić information content (AvgIpc) is 2.16. The number of benzene rings is 1. The molecule has 0 aromatic heterocycles. The van der Waals surface area contributed by atoms with Crippen LogP contribution in [0.4, 0.5) is 5.69 Å². The van der Waals surface area contributed by atoms with Gasteiger partial charge in [-0.15, -0.1) is 0 Å². The summed E-state index contributed by atoms with van der Waals surface area (Å²) >= 11 is 0. The summed E-state index contributed by atoms with van der Waals surface area (Å²) in [7, 11) is 2.04. The Morgan fingerprint density at radius 1 is 1.38 bits per heavy atom. The zero-order valence-electron chi connectivity index (χ0n) is 8.46. The van der Waals surface area contributed by atoms with E-state index in [1.165, 1.54) is 0 Å². The van der Waals surface area contributed by atoms with Crippen molar-refractivity contribution in [1.82, 2.24) is 0 Å². The summed E-state index contributed by atoms with van der Waals surface area (Å²) in [5.41, 5.74) is 2.78. The van der Waals surface area contributed by atoms with Gasteiger partial charge in [0.25, 0.3) is 0 Å². The third-order valence-corrected chi connectivity index (χ3v) is 2.19. The van der Waals surface area contributed by atoms with Crippen LogP contribution in [0.25, 0.3) is 0 Å². The summed E-state index contributed by atoms with van der Waals surface area (Å²) in [4.78, 5) is 2.15. The van der Waals surface area contributed by atoms with Crippen molar-refractivity contribution in [2.45, 2.75) is 13.8 Å². The maximum Gasteiger partial charge on any atom is 0.0455 e. The number of nitrogens with zero attached hydrogens (tertiary/aromatic N) is 1. The largest absolute Gasteiger partial charge is 0.374 e. The number of para-hydroxylation sites is 1. The Morgan fingerprint density at radius 3 is 2.54 bits per heavy atom. The lowest BCUT2D eigenvalue weighted by Gasteiger charge is -2.19. The molecule has 0 amide bonds. The van der Waals surface area contributed by atoms with Gasteiger partial charge in [0.1, 0.15) is 0 Å². The first kappa shape index (κ1) is 9.78. The minimum Gasteiger partial charge on any atom is -0.374 e. The molecule has 1 rings (SSSR count). The Kier molecular flexibility index (Phi) is 3.07. The van der Waals surface area contributed by atoms with Crippen molar-refractivity contribution >= 4 is 11.4 Å². The monoisotopic (exact) mass is 176 g/mol. The summed E-state index contributed by atoms with van der Waals surface area (Å²) in [5, 5.41) is 7.62. The molecule has 0 saturated carbocycles. The third-order valence-electron chi connectivity index (χ3n) is 2.19. The average molecular weight is 176 g/mol. The van der Waals surface area contributed by atoms with Gasteiger partial charge in [-0.3, -0.25) is 0 Å². The Hall–Kier alpha value is -1.31. The summed E-state index contributed by atoms with van der Waals surface area (Å²) in [6, 6.07) is 8.02. The number of hydrogen-bond acceptors (Lipinski definition) is 2. The number of hydrogen-bond donors (Lipinski definition) is 1. The van der Waals surface area contributed by atoms with E-state index in [1.54, 1.807) is 0 Å². The van der Waals surface area contributed by atoms with Crippen LogP contribution in [0.2, 0.25) is 0 Å². The molecule has 70 valence electrons. The van der Waals surface area contributed by atoms with Crippen LogP contribution in [0.3, 0.4) is 0 Å². The van der Waals surface area contributed by atoms with Gasteiger partial charge in [0.15, 0.2) is 0 Å². The molecule has 0 saturated heterocycles. The van der Waals surface area contributed by atoms with Crippen LogP contribution >= 0.6 is 0 Å². The van der Waals surface area contributed by atoms with Crippen LogP contribution in [0.1, 0.15) is 19.4 Å². The molecule has 0 aliphatic heterocycles. The van der Waals surface area contributed by atoms with Gasteiger partial charge in [-0.2, -0.15) is 0 Å². The second-order valence-corrected chi connectivity index (χ2v) is 3.16. The lowest BCUT2D eigenvalue weighted by atomic mass is 10.1. The van der Waals surface area contributed by atoms with Crippen molar-refractivity contribution in [3.05, 3.63) is 29.8 Å². The Bertz CT molecular complexity index is 305. The zero-order valence-corrected chi connectivity index (χ0v) is 8.46. The Balaban J connectivity index is 3.11. The second kappa shape index (κ2) is 4.08. The van der Waals surface area contributed by atoms with Gasteiger partial charge in [0.05, 0.1) is 0 Å². The maximum atomic E-state index is 7.62. The molecular formula is C11H16N2. The van der Waals surface area contributed by atoms with Crippen molar-refractivity contribution in [3.63, 3.8) is 0 Å². The lowest BCUT2D eigenvalue weighted by molar-refractivity contribution is 0.966. The zero-order chi connectivity index (χ0) is 9.84. The normalized spacial score (nSPS) is 9.77. The summed E-state index contributed by atoms with van der Waals surface area (Å²) < 4.78 is 0. The predicted molar refractivity (Wildman–Crippen MR) is 57.9 cm³/mol. The smallest absolute Gasteiger partial charge is 0.0455 e. The van der Waals surface area contributed by atoms with E-state index >= 15 is 0 Å². The highest BCUT2D eigenvalue weighted by molar-refractivity contribution is 6.01. The molecule has 2 heteroatoms. The van der Waals surface area contributed by atoms with Crippen molar-refractivity contribution in [2.75, 3.05) is 18.5 Å². The molecule has 2 nitrogen and oxygen atoms in total. The van der Waals surface area contributed by atoms with Crippen molar-refractivity contribution < 1.29 is 0 Å². The van der Waals surface area contributed by atoms with Crippen LogP contribution in [0, 0.1) is 5.41 Å². The van der Waals surface area contributed by atoms with Gasteiger partial charge in [-0.25, -0.2) is 0 Å². The van der Waals surface area contributed by atoms with Gasteiger partial charge in [-0.05, 0) is 19.9 Å². The summed E-state index contributed by atoms with van der Waals surface area (Å²) in [5.74, 6) is 0. The molecule has 1 N–H and O–H groups in total. The highest BCUT2D eigenvalue weighted by Crippen LogP contribution is 2.18. The molecule has 1 aromatic carbocycles. The molecular weight excluding hydrogens is 160 g/mol. The fourth-order valence-electron chi connectivity index (χ4n) is 1.29. The van der Waals surface area contributed by atoms with Crippen LogP contribution in [-0.4, -0.2) is 19.3 Å². The highest BCUT2D eigenvalue weighted by atomic mass is 15.1. The van der Waals surface area contributed by atoms with E-state index in [9.17, 15) is 0 Å². The molecule has 0 aliphatic carbocycles. The Morgan fingerprint density at radius 2 is 2.00 bits per heavy atom. The molecule has 0 radical (unpaired) electrons. The minimum atomic E-state index is 0.621. The topological polar surface area (TPSA) is 27.1 Å². The first-order valence-corrected chi connectivity index (χ1v) is 4.52. The van der Waals surface area contributed by atoms with Gasteiger partial charge < -0.3 is 10.3 Å². The van der Waals surface area contributed by atoms with Crippen molar-refractivity contribution in [1.29, 1.82) is 5.41 Å². The molecule has 0 unspecified atom stereocenters. The van der Waals surface area contributed by atoms with E-state index in [-0.39, 0.29) is 0 Å². The van der Waals surface area contributed by atoms with Crippen LogP contribution in [-0.2, 0) is 0 Å². The summed E-state index contributed by atoms with van der Waals surface area (Å²) in [6.07, 6.45) is 0. The molecule has 0 heterocycles. The van der Waals surface area contributed by atoms with E-state index in [2.05, 4.69) is 17.9 Å². The highest BCUT2D eigenvalue weighted by Gasteiger charge is 2.05. The minimum absolute atomic E-state index is 0.621. The molecule has 0 bridgehead atoms. The molecule has 0 spiro atoms. The first-order valence-electron chi connectivity index (χ1n) is 4.52.